The van der Waals surface area contributed by atoms with E-state index in [1.807, 2.05) is 18.2 Å². The Hall–Kier alpha value is -1.72. The molecule has 0 N–H and O–H groups in total. The summed E-state index contributed by atoms with van der Waals surface area (Å²) in [6.07, 6.45) is 2.51. The van der Waals surface area contributed by atoms with Crippen molar-refractivity contribution < 1.29 is 0 Å². The van der Waals surface area contributed by atoms with Gasteiger partial charge in [0.2, 0.25) is 0 Å². The lowest BCUT2D eigenvalue weighted by molar-refractivity contribution is 1.26. The molecule has 0 radical (unpaired) electrons. The van der Waals surface area contributed by atoms with E-state index in [9.17, 15) is 0 Å². The normalized spacial score (nSPS) is 14.9. The summed E-state index contributed by atoms with van der Waals surface area (Å²) in [5.41, 5.74) is 4.55. The average molecular weight is 239 g/mol. The fourth-order valence-electron chi connectivity index (χ4n) is 1.69. The van der Waals surface area contributed by atoms with Crippen LogP contribution in [0.2, 0.25) is 0 Å². The minimum Gasteiger partial charge on any atom is -0.198 e. The van der Waals surface area contributed by atoms with Gasteiger partial charge in [-0.05, 0) is 40.7 Å². The second kappa shape index (κ2) is 5.07. The lowest BCUT2D eigenvalue weighted by Gasteiger charge is -2.15. The molecule has 1 nitrogen and oxygen atoms in total. The molecule has 84 valence electrons. The van der Waals surface area contributed by atoms with Gasteiger partial charge in [0.25, 0.3) is 0 Å². The van der Waals surface area contributed by atoms with Crippen LogP contribution in [0.4, 0.5) is 0 Å². The van der Waals surface area contributed by atoms with E-state index in [4.69, 9.17) is 5.26 Å². The SMILES string of the molecule is C=C1C=CSC(c2ccc(CC#N)cc2)=C1C. The Labute approximate surface area is 106 Å². The van der Waals surface area contributed by atoms with E-state index in [0.29, 0.717) is 6.42 Å². The van der Waals surface area contributed by atoms with Crippen molar-refractivity contribution in [3.63, 3.8) is 0 Å². The van der Waals surface area contributed by atoms with Crippen molar-refractivity contribution in [2.75, 3.05) is 0 Å². The third-order valence-electron chi connectivity index (χ3n) is 2.78. The van der Waals surface area contributed by atoms with E-state index in [-0.39, 0.29) is 0 Å². The zero-order chi connectivity index (χ0) is 12.3. The molecule has 0 amide bonds. The highest BCUT2D eigenvalue weighted by atomic mass is 32.2. The molecule has 2 rings (SSSR count). The maximum atomic E-state index is 8.63. The van der Waals surface area contributed by atoms with E-state index in [0.717, 1.165) is 11.1 Å². The molecule has 0 fully saturated rings. The number of hydrogen-bond donors (Lipinski definition) is 0. The van der Waals surface area contributed by atoms with Gasteiger partial charge < -0.3 is 0 Å². The van der Waals surface area contributed by atoms with Crippen LogP contribution < -0.4 is 0 Å². The first-order chi connectivity index (χ1) is 8.22. The van der Waals surface area contributed by atoms with Crippen LogP contribution in [-0.4, -0.2) is 0 Å². The molecule has 1 heterocycles. The summed E-state index contributed by atoms with van der Waals surface area (Å²) in [5, 5.41) is 10.7. The Kier molecular flexibility index (Phi) is 3.51. The Morgan fingerprint density at radius 3 is 2.65 bits per heavy atom. The molecule has 0 saturated heterocycles. The largest absolute Gasteiger partial charge is 0.198 e. The molecule has 0 unspecified atom stereocenters. The third kappa shape index (κ3) is 2.51. The molecular formula is C15H13NS. The van der Waals surface area contributed by atoms with Crippen LogP contribution in [0.15, 0.2) is 53.5 Å². The minimum atomic E-state index is 0.470. The third-order valence-corrected chi connectivity index (χ3v) is 3.83. The number of benzene rings is 1. The fourth-order valence-corrected chi connectivity index (χ4v) is 2.64. The zero-order valence-electron chi connectivity index (χ0n) is 9.73. The molecule has 1 aliphatic rings. The van der Waals surface area contributed by atoms with Gasteiger partial charge in [0.1, 0.15) is 0 Å². The monoisotopic (exact) mass is 239 g/mol. The molecule has 0 saturated carbocycles. The maximum Gasteiger partial charge on any atom is 0.0669 e. The van der Waals surface area contributed by atoms with Gasteiger partial charge in [-0.1, -0.05) is 42.6 Å². The molecular weight excluding hydrogens is 226 g/mol. The van der Waals surface area contributed by atoms with Crippen LogP contribution in [0.3, 0.4) is 0 Å². The van der Waals surface area contributed by atoms with Crippen molar-refractivity contribution in [1.29, 1.82) is 5.26 Å². The summed E-state index contributed by atoms with van der Waals surface area (Å²) in [6.45, 7) is 6.11. The first-order valence-corrected chi connectivity index (χ1v) is 6.30. The van der Waals surface area contributed by atoms with Gasteiger partial charge in [0.15, 0.2) is 0 Å². The Morgan fingerprint density at radius 2 is 2.00 bits per heavy atom. The molecule has 0 aromatic heterocycles. The quantitative estimate of drug-likeness (QED) is 0.768. The molecule has 0 spiro atoms. The van der Waals surface area contributed by atoms with E-state index in [1.54, 1.807) is 11.8 Å². The van der Waals surface area contributed by atoms with Gasteiger partial charge >= 0.3 is 0 Å². The second-order valence-electron chi connectivity index (χ2n) is 3.93. The first kappa shape index (κ1) is 11.8. The lowest BCUT2D eigenvalue weighted by atomic mass is 10.0. The number of hydrogen-bond acceptors (Lipinski definition) is 2. The lowest BCUT2D eigenvalue weighted by Crippen LogP contribution is -1.91. The first-order valence-electron chi connectivity index (χ1n) is 5.42. The Balaban J connectivity index is 2.32. The smallest absolute Gasteiger partial charge is 0.0669 e. The average Bonchev–Trinajstić information content (AvgIpc) is 2.34. The summed E-state index contributed by atoms with van der Waals surface area (Å²) in [4.78, 5) is 1.25. The summed E-state index contributed by atoms with van der Waals surface area (Å²) in [6, 6.07) is 10.3. The summed E-state index contributed by atoms with van der Waals surface area (Å²) >= 11 is 1.72. The molecule has 0 aliphatic carbocycles. The highest BCUT2D eigenvalue weighted by molar-refractivity contribution is 8.11. The standard InChI is InChI=1S/C15H13NS/c1-11-8-10-17-15(12(11)2)14-5-3-13(4-6-14)7-9-16/h3-6,8,10H,1,7H2,2H3. The van der Waals surface area contributed by atoms with Crippen LogP contribution in [-0.2, 0) is 6.42 Å². The van der Waals surface area contributed by atoms with Crippen LogP contribution >= 0.6 is 11.8 Å². The van der Waals surface area contributed by atoms with Crippen molar-refractivity contribution >= 4 is 16.7 Å². The van der Waals surface area contributed by atoms with E-state index >= 15 is 0 Å². The van der Waals surface area contributed by atoms with E-state index < -0.39 is 0 Å². The number of allylic oxidation sites excluding steroid dienone is 3. The summed E-state index contributed by atoms with van der Waals surface area (Å²) in [7, 11) is 0. The van der Waals surface area contributed by atoms with Crippen molar-refractivity contribution in [3.05, 3.63) is 64.6 Å². The van der Waals surface area contributed by atoms with Gasteiger partial charge in [-0.15, -0.1) is 0 Å². The van der Waals surface area contributed by atoms with Gasteiger partial charge in [-0.2, -0.15) is 5.26 Å². The van der Waals surface area contributed by atoms with Gasteiger partial charge in [-0.25, -0.2) is 0 Å². The molecule has 0 bridgehead atoms. The van der Waals surface area contributed by atoms with Crippen LogP contribution in [0, 0.1) is 11.3 Å². The fraction of sp³-hybridized carbons (Fsp3) is 0.133. The molecule has 0 atom stereocenters. The molecule has 1 aliphatic heterocycles. The Morgan fingerprint density at radius 1 is 1.29 bits per heavy atom. The van der Waals surface area contributed by atoms with Gasteiger partial charge in [0.05, 0.1) is 12.5 Å². The number of thioether (sulfide) groups is 1. The van der Waals surface area contributed by atoms with Crippen LogP contribution in [0.1, 0.15) is 18.1 Å². The highest BCUT2D eigenvalue weighted by Crippen LogP contribution is 2.38. The molecule has 1 aromatic rings. The predicted molar refractivity (Wildman–Crippen MR) is 74.2 cm³/mol. The van der Waals surface area contributed by atoms with E-state index in [2.05, 4.69) is 37.1 Å². The second-order valence-corrected chi connectivity index (χ2v) is 4.85. The molecule has 1 aromatic carbocycles. The number of nitrogens with zero attached hydrogens (tertiary/aromatic N) is 1. The number of rotatable bonds is 2. The summed E-state index contributed by atoms with van der Waals surface area (Å²) < 4.78 is 0. The zero-order valence-corrected chi connectivity index (χ0v) is 10.6. The van der Waals surface area contributed by atoms with Crippen molar-refractivity contribution in [2.24, 2.45) is 0 Å². The van der Waals surface area contributed by atoms with Crippen molar-refractivity contribution in [3.8, 4) is 6.07 Å². The van der Waals surface area contributed by atoms with Crippen LogP contribution in [0.5, 0.6) is 0 Å². The molecule has 17 heavy (non-hydrogen) atoms. The van der Waals surface area contributed by atoms with Crippen molar-refractivity contribution in [1.82, 2.24) is 0 Å². The minimum absolute atomic E-state index is 0.470. The van der Waals surface area contributed by atoms with E-state index in [1.165, 1.54) is 16.0 Å². The van der Waals surface area contributed by atoms with Crippen LogP contribution in [0.25, 0.3) is 4.91 Å². The topological polar surface area (TPSA) is 23.8 Å². The van der Waals surface area contributed by atoms with Crippen molar-refractivity contribution in [2.45, 2.75) is 13.3 Å². The maximum absolute atomic E-state index is 8.63. The summed E-state index contributed by atoms with van der Waals surface area (Å²) in [5.74, 6) is 0. The molecule has 2 heteroatoms. The highest BCUT2D eigenvalue weighted by Gasteiger charge is 2.10. The van der Waals surface area contributed by atoms with Gasteiger partial charge in [0, 0.05) is 4.91 Å². The number of nitriles is 1. The van der Waals surface area contributed by atoms with Gasteiger partial charge in [-0.3, -0.25) is 0 Å². The Bertz CT molecular complexity index is 541. The predicted octanol–water partition coefficient (Wildman–Crippen LogP) is 4.30.